The van der Waals surface area contributed by atoms with E-state index in [1.807, 2.05) is 38.4 Å². The lowest BCUT2D eigenvalue weighted by Gasteiger charge is -2.21. The van der Waals surface area contributed by atoms with Gasteiger partial charge in [0.05, 0.1) is 5.92 Å². The summed E-state index contributed by atoms with van der Waals surface area (Å²) in [6.07, 6.45) is 1.04. The monoisotopic (exact) mass is 214 g/mol. The highest BCUT2D eigenvalue weighted by atomic mass is 16.2. The van der Waals surface area contributed by atoms with Crippen molar-refractivity contribution in [3.05, 3.63) is 29.8 Å². The highest BCUT2D eigenvalue weighted by Crippen LogP contribution is 2.23. The van der Waals surface area contributed by atoms with Gasteiger partial charge in [0.15, 0.2) is 0 Å². The fraction of sp³-hybridized carbons (Fsp3) is 0.333. The number of carbonyl (C=O) groups excluding carboxylic acids is 2. The molecule has 2 rings (SSSR count). The molecule has 1 aliphatic rings. The summed E-state index contributed by atoms with van der Waals surface area (Å²) in [5, 5.41) is 2.38. The van der Waals surface area contributed by atoms with Crippen LogP contribution in [0.25, 0.3) is 0 Å². The summed E-state index contributed by atoms with van der Waals surface area (Å²) in [6, 6.07) is 7.87. The van der Waals surface area contributed by atoms with Gasteiger partial charge in [0.1, 0.15) is 7.28 Å². The molecule has 1 unspecified atom stereocenters. The van der Waals surface area contributed by atoms with Gasteiger partial charge in [0.25, 0.3) is 0 Å². The molecule has 0 bridgehead atoms. The van der Waals surface area contributed by atoms with Crippen molar-refractivity contribution >= 4 is 24.6 Å². The maximum atomic E-state index is 11.7. The van der Waals surface area contributed by atoms with E-state index in [1.54, 1.807) is 0 Å². The minimum absolute atomic E-state index is 0.167. The van der Waals surface area contributed by atoms with E-state index in [0.29, 0.717) is 12.8 Å². The lowest BCUT2D eigenvalue weighted by molar-refractivity contribution is -0.134. The predicted octanol–water partition coefficient (Wildman–Crippen LogP) is 0.584. The number of rotatable bonds is 2. The quantitative estimate of drug-likeness (QED) is 0.578. The van der Waals surface area contributed by atoms with Crippen molar-refractivity contribution in [2.24, 2.45) is 0 Å². The molecule has 0 aliphatic carbocycles. The van der Waals surface area contributed by atoms with Crippen LogP contribution < -0.4 is 10.8 Å². The largest absolute Gasteiger partial charge is 0.296 e. The van der Waals surface area contributed by atoms with E-state index >= 15 is 0 Å². The second-order valence-electron chi connectivity index (χ2n) is 3.96. The van der Waals surface area contributed by atoms with Gasteiger partial charge in [-0.25, -0.2) is 0 Å². The molecule has 0 saturated carbocycles. The first-order valence-corrected chi connectivity index (χ1v) is 5.43. The third-order valence-electron chi connectivity index (χ3n) is 2.89. The number of piperidine rings is 1. The second kappa shape index (κ2) is 4.52. The van der Waals surface area contributed by atoms with E-state index in [0.717, 1.165) is 11.0 Å². The fourth-order valence-corrected chi connectivity index (χ4v) is 1.97. The first-order valence-electron chi connectivity index (χ1n) is 5.43. The topological polar surface area (TPSA) is 46.2 Å². The molecular weight excluding hydrogens is 201 g/mol. The smallest absolute Gasteiger partial charge is 0.234 e. The van der Waals surface area contributed by atoms with Gasteiger partial charge in [-0.05, 0) is 12.0 Å². The van der Waals surface area contributed by atoms with Crippen molar-refractivity contribution in [1.29, 1.82) is 0 Å². The Hall–Kier alpha value is -1.58. The van der Waals surface area contributed by atoms with Gasteiger partial charge in [0.2, 0.25) is 11.8 Å². The number of benzene rings is 1. The normalized spacial score (nSPS) is 20.4. The van der Waals surface area contributed by atoms with Gasteiger partial charge in [-0.15, -0.1) is 0 Å². The number of amides is 2. The van der Waals surface area contributed by atoms with Crippen molar-refractivity contribution in [2.45, 2.75) is 25.6 Å². The molecule has 0 spiro atoms. The molecule has 1 atom stereocenters. The molecule has 1 radical (unpaired) electrons. The highest BCUT2D eigenvalue weighted by Gasteiger charge is 2.27. The SMILES string of the molecule is C[B]c1cccc(C2CCC(=O)NC2=O)c1. The summed E-state index contributed by atoms with van der Waals surface area (Å²) < 4.78 is 0. The first kappa shape index (κ1) is 10.9. The van der Waals surface area contributed by atoms with Crippen molar-refractivity contribution in [3.8, 4) is 0 Å². The van der Waals surface area contributed by atoms with Crippen LogP contribution in [0.3, 0.4) is 0 Å². The van der Waals surface area contributed by atoms with Crippen LogP contribution in [0.2, 0.25) is 6.82 Å². The van der Waals surface area contributed by atoms with Crippen molar-refractivity contribution in [1.82, 2.24) is 5.32 Å². The summed E-state index contributed by atoms with van der Waals surface area (Å²) in [6.45, 7) is 1.96. The number of imide groups is 1. The Balaban J connectivity index is 2.23. The lowest BCUT2D eigenvalue weighted by Crippen LogP contribution is -2.39. The molecule has 1 saturated heterocycles. The van der Waals surface area contributed by atoms with Crippen LogP contribution in [0.5, 0.6) is 0 Å². The van der Waals surface area contributed by atoms with Gasteiger partial charge in [-0.3, -0.25) is 14.9 Å². The van der Waals surface area contributed by atoms with Crippen molar-refractivity contribution < 1.29 is 9.59 Å². The molecule has 1 aliphatic heterocycles. The zero-order valence-electron chi connectivity index (χ0n) is 9.19. The first-order chi connectivity index (χ1) is 7.70. The number of carbonyl (C=O) groups is 2. The standard InChI is InChI=1S/C12H13BNO2/c1-13-9-4-2-3-8(7-9)10-5-6-11(15)14-12(10)16/h2-4,7,10H,5-6H2,1H3,(H,14,15,16). The lowest BCUT2D eigenvalue weighted by atomic mass is 9.72. The molecule has 1 fully saturated rings. The van der Waals surface area contributed by atoms with Gasteiger partial charge in [0, 0.05) is 6.42 Å². The summed E-state index contributed by atoms with van der Waals surface area (Å²) in [5.41, 5.74) is 2.09. The number of hydrogen-bond donors (Lipinski definition) is 1. The average Bonchev–Trinajstić information content (AvgIpc) is 2.29. The van der Waals surface area contributed by atoms with E-state index in [-0.39, 0.29) is 17.7 Å². The molecule has 81 valence electrons. The molecule has 1 aromatic rings. The molecule has 2 amide bonds. The molecule has 3 nitrogen and oxygen atoms in total. The van der Waals surface area contributed by atoms with Crippen LogP contribution in [0.15, 0.2) is 24.3 Å². The third-order valence-corrected chi connectivity index (χ3v) is 2.89. The maximum Gasteiger partial charge on any atom is 0.234 e. The van der Waals surface area contributed by atoms with E-state index in [2.05, 4.69) is 5.32 Å². The zero-order chi connectivity index (χ0) is 11.5. The zero-order valence-corrected chi connectivity index (χ0v) is 9.19. The van der Waals surface area contributed by atoms with Crippen LogP contribution in [0, 0.1) is 0 Å². The van der Waals surface area contributed by atoms with Crippen molar-refractivity contribution in [2.75, 3.05) is 0 Å². The Morgan fingerprint density at radius 3 is 2.88 bits per heavy atom. The summed E-state index contributed by atoms with van der Waals surface area (Å²) in [7, 11) is 2.00. The Morgan fingerprint density at radius 1 is 1.38 bits per heavy atom. The minimum atomic E-state index is -0.183. The Morgan fingerprint density at radius 2 is 2.19 bits per heavy atom. The molecule has 4 heteroatoms. The summed E-state index contributed by atoms with van der Waals surface area (Å²) in [5.74, 6) is -0.526. The van der Waals surface area contributed by atoms with Gasteiger partial charge in [-0.2, -0.15) is 0 Å². The molecular formula is C12H13BNO2. The molecule has 1 N–H and O–H groups in total. The molecule has 16 heavy (non-hydrogen) atoms. The fourth-order valence-electron chi connectivity index (χ4n) is 1.97. The Labute approximate surface area is 95.5 Å². The number of hydrogen-bond acceptors (Lipinski definition) is 2. The molecule has 1 aromatic carbocycles. The third kappa shape index (κ3) is 2.16. The van der Waals surface area contributed by atoms with Crippen LogP contribution in [-0.4, -0.2) is 19.1 Å². The van der Waals surface area contributed by atoms with Crippen LogP contribution in [-0.2, 0) is 9.59 Å². The van der Waals surface area contributed by atoms with Crippen molar-refractivity contribution in [3.63, 3.8) is 0 Å². The van der Waals surface area contributed by atoms with Crippen LogP contribution in [0.1, 0.15) is 24.3 Å². The van der Waals surface area contributed by atoms with E-state index < -0.39 is 0 Å². The predicted molar refractivity (Wildman–Crippen MR) is 62.8 cm³/mol. The molecule has 0 aromatic heterocycles. The van der Waals surface area contributed by atoms with Crippen LogP contribution >= 0.6 is 0 Å². The highest BCUT2D eigenvalue weighted by molar-refractivity contribution is 6.51. The maximum absolute atomic E-state index is 11.7. The summed E-state index contributed by atoms with van der Waals surface area (Å²) >= 11 is 0. The number of nitrogens with one attached hydrogen (secondary N) is 1. The van der Waals surface area contributed by atoms with E-state index in [9.17, 15) is 9.59 Å². The van der Waals surface area contributed by atoms with Gasteiger partial charge >= 0.3 is 0 Å². The van der Waals surface area contributed by atoms with Gasteiger partial charge in [-0.1, -0.05) is 36.6 Å². The van der Waals surface area contributed by atoms with Gasteiger partial charge < -0.3 is 0 Å². The Bertz CT molecular complexity index is 431. The van der Waals surface area contributed by atoms with E-state index in [4.69, 9.17) is 0 Å². The molecule has 1 heterocycles. The average molecular weight is 214 g/mol. The minimum Gasteiger partial charge on any atom is -0.296 e. The van der Waals surface area contributed by atoms with E-state index in [1.165, 1.54) is 0 Å². The summed E-state index contributed by atoms with van der Waals surface area (Å²) in [4.78, 5) is 22.7. The van der Waals surface area contributed by atoms with Crippen LogP contribution in [0.4, 0.5) is 0 Å². The second-order valence-corrected chi connectivity index (χ2v) is 3.96. The Kier molecular flexibility index (Phi) is 3.08.